The van der Waals surface area contributed by atoms with Crippen LogP contribution in [0.3, 0.4) is 0 Å². The van der Waals surface area contributed by atoms with E-state index >= 15 is 0 Å². The monoisotopic (exact) mass is 395 g/mol. The third kappa shape index (κ3) is 3.78. The van der Waals surface area contributed by atoms with Gasteiger partial charge in [-0.3, -0.25) is 0 Å². The minimum atomic E-state index is -5.90. The molecular formula is C17H15F6NOS. The van der Waals surface area contributed by atoms with Gasteiger partial charge in [0.15, 0.2) is 0 Å². The zero-order chi connectivity index (χ0) is 19.8. The van der Waals surface area contributed by atoms with Crippen LogP contribution < -0.4 is 4.72 Å². The number of rotatable bonds is 4. The first-order valence-corrected chi connectivity index (χ1v) is 8.15. The Hall–Kier alpha value is -1.87. The summed E-state index contributed by atoms with van der Waals surface area (Å²) in [6, 6.07) is 10.4. The molecule has 0 bridgehead atoms. The van der Waals surface area contributed by atoms with Crippen molar-refractivity contribution in [2.45, 2.75) is 36.7 Å². The summed E-state index contributed by atoms with van der Waals surface area (Å²) in [4.78, 5) is 0.817. The number of hydrogen-bond acceptors (Lipinski definition) is 3. The zero-order valence-electron chi connectivity index (χ0n) is 13.7. The van der Waals surface area contributed by atoms with Crippen LogP contribution in [-0.4, -0.2) is 17.5 Å². The molecule has 26 heavy (non-hydrogen) atoms. The van der Waals surface area contributed by atoms with E-state index in [4.69, 9.17) is 0 Å². The molecule has 2 rings (SSSR count). The van der Waals surface area contributed by atoms with E-state index < -0.39 is 23.5 Å². The highest BCUT2D eigenvalue weighted by Crippen LogP contribution is 2.50. The Bertz CT molecular complexity index is 736. The number of halogens is 6. The molecule has 0 fully saturated rings. The Labute approximate surface area is 150 Å². The van der Waals surface area contributed by atoms with E-state index in [1.54, 1.807) is 24.3 Å². The average Bonchev–Trinajstić information content (AvgIpc) is 2.52. The molecular weight excluding hydrogens is 380 g/mol. The van der Waals surface area contributed by atoms with Gasteiger partial charge in [-0.1, -0.05) is 30.3 Å². The second-order valence-corrected chi connectivity index (χ2v) is 6.59. The highest BCUT2D eigenvalue weighted by atomic mass is 32.2. The lowest BCUT2D eigenvalue weighted by molar-refractivity contribution is -0.376. The van der Waals surface area contributed by atoms with E-state index in [1.165, 1.54) is 25.8 Å². The van der Waals surface area contributed by atoms with Crippen LogP contribution in [0.5, 0.6) is 0 Å². The van der Waals surface area contributed by atoms with E-state index in [1.807, 2.05) is 6.07 Å². The van der Waals surface area contributed by atoms with Gasteiger partial charge in [0, 0.05) is 10.5 Å². The highest BCUT2D eigenvalue weighted by Gasteiger charge is 2.71. The van der Waals surface area contributed by atoms with Gasteiger partial charge in [-0.25, -0.2) is 0 Å². The van der Waals surface area contributed by atoms with Crippen molar-refractivity contribution in [2.24, 2.45) is 0 Å². The van der Waals surface area contributed by atoms with Crippen LogP contribution in [0.15, 0.2) is 47.4 Å². The van der Waals surface area contributed by atoms with Gasteiger partial charge in [-0.2, -0.15) is 26.3 Å². The molecule has 0 saturated carbocycles. The van der Waals surface area contributed by atoms with Crippen molar-refractivity contribution >= 4 is 17.6 Å². The third-order valence-electron chi connectivity index (χ3n) is 3.79. The van der Waals surface area contributed by atoms with Crippen LogP contribution in [0.2, 0.25) is 0 Å². The summed E-state index contributed by atoms with van der Waals surface area (Å²) in [6.07, 6.45) is -11.8. The van der Waals surface area contributed by atoms with E-state index in [-0.39, 0.29) is 11.1 Å². The molecule has 142 valence electrons. The van der Waals surface area contributed by atoms with E-state index in [0.29, 0.717) is 17.8 Å². The summed E-state index contributed by atoms with van der Waals surface area (Å²) in [5.74, 6) is 0. The number of nitrogens with one attached hydrogen (secondary N) is 1. The molecule has 0 aliphatic heterocycles. The minimum absolute atomic E-state index is 0.148. The third-order valence-corrected chi connectivity index (χ3v) is 4.60. The van der Waals surface area contributed by atoms with Gasteiger partial charge in [0.25, 0.3) is 5.60 Å². The van der Waals surface area contributed by atoms with Crippen molar-refractivity contribution in [1.29, 1.82) is 0 Å². The molecule has 0 unspecified atom stereocenters. The Morgan fingerprint density at radius 2 is 1.31 bits per heavy atom. The molecule has 2 aromatic rings. The molecule has 0 atom stereocenters. The first-order chi connectivity index (χ1) is 11.9. The van der Waals surface area contributed by atoms with E-state index in [0.717, 1.165) is 4.90 Å². The number of aliphatic hydroxyl groups is 1. The number of anilines is 1. The molecule has 0 aromatic heterocycles. The van der Waals surface area contributed by atoms with Gasteiger partial charge >= 0.3 is 12.4 Å². The number of hydrogen-bond donors (Lipinski definition) is 2. The van der Waals surface area contributed by atoms with Gasteiger partial charge in [-0.05, 0) is 49.1 Å². The topological polar surface area (TPSA) is 32.3 Å². The molecule has 2 N–H and O–H groups in total. The first kappa shape index (κ1) is 20.4. The number of aryl methyl sites for hydroxylation is 2. The molecule has 0 spiro atoms. The maximum atomic E-state index is 13.0. The molecule has 0 aliphatic rings. The molecule has 0 saturated heterocycles. The van der Waals surface area contributed by atoms with Gasteiger partial charge in [0.05, 0.1) is 5.69 Å². The van der Waals surface area contributed by atoms with Crippen LogP contribution in [0.25, 0.3) is 0 Å². The Balaban J connectivity index is 2.42. The average molecular weight is 395 g/mol. The smallest absolute Gasteiger partial charge is 0.369 e. The van der Waals surface area contributed by atoms with Gasteiger partial charge in [-0.15, -0.1) is 0 Å². The van der Waals surface area contributed by atoms with Crippen molar-refractivity contribution in [3.8, 4) is 0 Å². The normalized spacial score (nSPS) is 13.0. The summed E-state index contributed by atoms with van der Waals surface area (Å²) in [5.41, 5.74) is -5.51. The summed E-state index contributed by atoms with van der Waals surface area (Å²) < 4.78 is 81.1. The quantitative estimate of drug-likeness (QED) is 0.512. The van der Waals surface area contributed by atoms with Crippen molar-refractivity contribution in [3.63, 3.8) is 0 Å². The fraction of sp³-hybridized carbons (Fsp3) is 0.294. The van der Waals surface area contributed by atoms with Crippen molar-refractivity contribution in [3.05, 3.63) is 59.2 Å². The van der Waals surface area contributed by atoms with Crippen LogP contribution in [0.1, 0.15) is 16.7 Å². The summed E-state index contributed by atoms with van der Waals surface area (Å²) in [6.45, 7) is 2.75. The highest BCUT2D eigenvalue weighted by molar-refractivity contribution is 8.00. The maximum Gasteiger partial charge on any atom is 0.430 e. The lowest BCUT2D eigenvalue weighted by atomic mass is 9.89. The van der Waals surface area contributed by atoms with E-state index in [2.05, 4.69) is 4.72 Å². The fourth-order valence-electron chi connectivity index (χ4n) is 2.42. The summed E-state index contributed by atoms with van der Waals surface area (Å²) >= 11 is 1.17. The number of alkyl halides is 6. The maximum absolute atomic E-state index is 13.0. The van der Waals surface area contributed by atoms with Crippen molar-refractivity contribution in [1.82, 2.24) is 0 Å². The van der Waals surface area contributed by atoms with Crippen molar-refractivity contribution in [2.75, 3.05) is 4.72 Å². The van der Waals surface area contributed by atoms with Crippen LogP contribution in [0, 0.1) is 13.8 Å². The Morgan fingerprint density at radius 1 is 0.846 bits per heavy atom. The lowest BCUT2D eigenvalue weighted by Crippen LogP contribution is -2.54. The summed E-state index contributed by atoms with van der Waals surface area (Å²) in [5, 5.41) is 9.53. The molecule has 9 heteroatoms. The lowest BCUT2D eigenvalue weighted by Gasteiger charge is -2.33. The molecule has 0 heterocycles. The first-order valence-electron chi connectivity index (χ1n) is 7.33. The van der Waals surface area contributed by atoms with Gasteiger partial charge in [0.1, 0.15) is 0 Å². The minimum Gasteiger partial charge on any atom is -0.369 e. The second kappa shape index (κ2) is 7.03. The fourth-order valence-corrected chi connectivity index (χ4v) is 3.26. The standard InChI is InChI=1S/C17H15F6NOS/c1-10-8-12(15(25,16(18,19)20)17(21,22)23)9-11(2)14(10)24-26-13-6-4-3-5-7-13/h3-9,24-25H,1-2H3. The van der Waals surface area contributed by atoms with Crippen LogP contribution >= 0.6 is 11.9 Å². The second-order valence-electron chi connectivity index (χ2n) is 5.71. The van der Waals surface area contributed by atoms with Gasteiger partial charge in [0.2, 0.25) is 0 Å². The van der Waals surface area contributed by atoms with Crippen LogP contribution in [-0.2, 0) is 5.60 Å². The molecule has 2 aromatic carbocycles. The zero-order valence-corrected chi connectivity index (χ0v) is 14.5. The van der Waals surface area contributed by atoms with Crippen molar-refractivity contribution < 1.29 is 31.4 Å². The molecule has 0 radical (unpaired) electrons. The molecule has 0 aliphatic carbocycles. The van der Waals surface area contributed by atoms with E-state index in [9.17, 15) is 31.4 Å². The van der Waals surface area contributed by atoms with Crippen LogP contribution in [0.4, 0.5) is 32.0 Å². The predicted molar refractivity (Wildman–Crippen MR) is 87.8 cm³/mol. The molecule has 2 nitrogen and oxygen atoms in total. The largest absolute Gasteiger partial charge is 0.430 e. The Morgan fingerprint density at radius 3 is 1.73 bits per heavy atom. The predicted octanol–water partition coefficient (Wildman–Crippen LogP) is 5.73. The number of benzene rings is 2. The van der Waals surface area contributed by atoms with Gasteiger partial charge < -0.3 is 9.83 Å². The Kier molecular flexibility index (Phi) is 5.53. The SMILES string of the molecule is Cc1cc(C(O)(C(F)(F)F)C(F)(F)F)cc(C)c1NSc1ccccc1. The molecule has 0 amide bonds. The summed E-state index contributed by atoms with van der Waals surface area (Å²) in [7, 11) is 0.